The van der Waals surface area contributed by atoms with E-state index in [-0.39, 0.29) is 11.3 Å². The second-order valence-electron chi connectivity index (χ2n) is 6.43. The minimum absolute atomic E-state index is 0.111. The van der Waals surface area contributed by atoms with E-state index in [1.807, 2.05) is 0 Å². The Labute approximate surface area is 115 Å². The van der Waals surface area contributed by atoms with Crippen LogP contribution in [0.3, 0.4) is 0 Å². The molecule has 1 saturated carbocycles. The second kappa shape index (κ2) is 4.09. The van der Waals surface area contributed by atoms with Crippen molar-refractivity contribution in [3.8, 4) is 5.75 Å². The lowest BCUT2D eigenvalue weighted by Crippen LogP contribution is -2.41. The van der Waals surface area contributed by atoms with E-state index in [1.165, 1.54) is 16.7 Å². The third kappa shape index (κ3) is 1.58. The first kappa shape index (κ1) is 12.7. The summed E-state index contributed by atoms with van der Waals surface area (Å²) >= 11 is 0. The van der Waals surface area contributed by atoms with Gasteiger partial charge < -0.3 is 4.74 Å². The highest BCUT2D eigenvalue weighted by Gasteiger charge is 2.51. The van der Waals surface area contributed by atoms with Crippen molar-refractivity contribution < 1.29 is 9.53 Å². The molecule has 0 N–H and O–H groups in total. The molecule has 0 saturated heterocycles. The molecule has 102 valence electrons. The van der Waals surface area contributed by atoms with Crippen molar-refractivity contribution in [2.24, 2.45) is 11.8 Å². The Hall–Kier alpha value is -1.31. The zero-order chi connectivity index (χ0) is 13.8. The Morgan fingerprint density at radius 3 is 2.79 bits per heavy atom. The molecule has 2 aliphatic rings. The molecule has 2 nitrogen and oxygen atoms in total. The van der Waals surface area contributed by atoms with E-state index in [9.17, 15) is 4.79 Å². The van der Waals surface area contributed by atoms with Crippen LogP contribution in [0.25, 0.3) is 0 Å². The normalized spacial score (nSPS) is 32.9. The smallest absolute Gasteiger partial charge is 0.136 e. The lowest BCUT2D eigenvalue weighted by molar-refractivity contribution is -0.127. The molecule has 19 heavy (non-hydrogen) atoms. The Morgan fingerprint density at radius 1 is 1.37 bits per heavy atom. The minimum atomic E-state index is 0.111. The van der Waals surface area contributed by atoms with Gasteiger partial charge in [-0.15, -0.1) is 0 Å². The standard InChI is InChI=1S/C17H22O2/c1-10-5-6-12-9-13-11(2)14(18)7-8-17(13,3)15(12)16(10)19-4/h5-6,11,13H,7-9H2,1-4H3/t11-,13-,17+/m1/s1. The average Bonchev–Trinajstić information content (AvgIpc) is 2.69. The zero-order valence-electron chi connectivity index (χ0n) is 12.2. The number of rotatable bonds is 1. The van der Waals surface area contributed by atoms with E-state index in [4.69, 9.17) is 4.74 Å². The topological polar surface area (TPSA) is 26.3 Å². The largest absolute Gasteiger partial charge is 0.496 e. The maximum absolute atomic E-state index is 12.0. The van der Waals surface area contributed by atoms with Crippen molar-refractivity contribution >= 4 is 5.78 Å². The number of benzene rings is 1. The summed E-state index contributed by atoms with van der Waals surface area (Å²) in [5.41, 5.74) is 4.07. The molecule has 2 heteroatoms. The molecule has 3 atom stereocenters. The molecule has 2 aliphatic carbocycles. The number of hydrogen-bond donors (Lipinski definition) is 0. The predicted octanol–water partition coefficient (Wildman–Crippen LogP) is 3.43. The summed E-state index contributed by atoms with van der Waals surface area (Å²) in [5, 5.41) is 0. The van der Waals surface area contributed by atoms with E-state index in [0.29, 0.717) is 18.1 Å². The molecular formula is C17H22O2. The Kier molecular flexibility index (Phi) is 2.74. The third-order valence-corrected chi connectivity index (χ3v) is 5.48. The van der Waals surface area contributed by atoms with Crippen molar-refractivity contribution in [1.82, 2.24) is 0 Å². The third-order valence-electron chi connectivity index (χ3n) is 5.48. The maximum atomic E-state index is 12.0. The van der Waals surface area contributed by atoms with Gasteiger partial charge in [-0.1, -0.05) is 26.0 Å². The fraction of sp³-hybridized carbons (Fsp3) is 0.588. The molecule has 1 aromatic rings. The van der Waals surface area contributed by atoms with Gasteiger partial charge in [0.2, 0.25) is 0 Å². The number of fused-ring (bicyclic) bond motifs is 3. The number of aryl methyl sites for hydroxylation is 1. The van der Waals surface area contributed by atoms with Gasteiger partial charge in [-0.2, -0.15) is 0 Å². The first-order valence-electron chi connectivity index (χ1n) is 7.18. The summed E-state index contributed by atoms with van der Waals surface area (Å²) in [6.07, 6.45) is 2.70. The second-order valence-corrected chi connectivity index (χ2v) is 6.43. The van der Waals surface area contributed by atoms with Gasteiger partial charge in [0.15, 0.2) is 0 Å². The predicted molar refractivity (Wildman–Crippen MR) is 75.7 cm³/mol. The van der Waals surface area contributed by atoms with Crippen molar-refractivity contribution in [2.45, 2.75) is 45.4 Å². The summed E-state index contributed by atoms with van der Waals surface area (Å²) in [7, 11) is 1.76. The molecule has 1 aromatic carbocycles. The first-order valence-corrected chi connectivity index (χ1v) is 7.18. The van der Waals surface area contributed by atoms with Crippen LogP contribution < -0.4 is 4.74 Å². The first-order chi connectivity index (χ1) is 8.99. The van der Waals surface area contributed by atoms with Crippen LogP contribution in [-0.4, -0.2) is 12.9 Å². The quantitative estimate of drug-likeness (QED) is 0.771. The van der Waals surface area contributed by atoms with Crippen LogP contribution in [0.15, 0.2) is 12.1 Å². The number of Topliss-reactive ketones (excluding diaryl/α,β-unsaturated/α-hetero) is 1. The van der Waals surface area contributed by atoms with E-state index >= 15 is 0 Å². The van der Waals surface area contributed by atoms with Crippen molar-refractivity contribution in [1.29, 1.82) is 0 Å². The van der Waals surface area contributed by atoms with Gasteiger partial charge in [0.25, 0.3) is 0 Å². The van der Waals surface area contributed by atoms with Crippen LogP contribution in [0.2, 0.25) is 0 Å². The summed E-state index contributed by atoms with van der Waals surface area (Å²) in [4.78, 5) is 12.0. The molecule has 0 aliphatic heterocycles. The zero-order valence-corrected chi connectivity index (χ0v) is 12.2. The summed E-state index contributed by atoms with van der Waals surface area (Å²) in [5.74, 6) is 2.10. The monoisotopic (exact) mass is 258 g/mol. The number of carbonyl (C=O) groups is 1. The van der Waals surface area contributed by atoms with Crippen LogP contribution in [0, 0.1) is 18.8 Å². The van der Waals surface area contributed by atoms with E-state index in [0.717, 1.165) is 18.6 Å². The fourth-order valence-electron chi connectivity index (χ4n) is 4.31. The summed E-state index contributed by atoms with van der Waals surface area (Å²) in [6, 6.07) is 4.37. The van der Waals surface area contributed by atoms with Crippen LogP contribution >= 0.6 is 0 Å². The molecular weight excluding hydrogens is 236 g/mol. The number of carbonyl (C=O) groups excluding carboxylic acids is 1. The SMILES string of the molecule is COc1c(C)ccc2c1[C@@]1(C)CCC(=O)[C@H](C)[C@H]1C2. The molecule has 0 spiro atoms. The van der Waals surface area contributed by atoms with Gasteiger partial charge >= 0.3 is 0 Å². The highest BCUT2D eigenvalue weighted by atomic mass is 16.5. The van der Waals surface area contributed by atoms with Crippen LogP contribution in [-0.2, 0) is 16.6 Å². The van der Waals surface area contributed by atoms with E-state index < -0.39 is 0 Å². The highest BCUT2D eigenvalue weighted by molar-refractivity contribution is 5.83. The number of ether oxygens (including phenoxy) is 1. The summed E-state index contributed by atoms with van der Waals surface area (Å²) < 4.78 is 5.68. The van der Waals surface area contributed by atoms with Gasteiger partial charge in [0.05, 0.1) is 7.11 Å². The molecule has 0 aromatic heterocycles. The van der Waals surface area contributed by atoms with Crippen LogP contribution in [0.4, 0.5) is 0 Å². The lowest BCUT2D eigenvalue weighted by atomic mass is 9.62. The highest BCUT2D eigenvalue weighted by Crippen LogP contribution is 2.55. The Balaban J connectivity index is 2.17. The molecule has 0 heterocycles. The molecule has 0 amide bonds. The van der Waals surface area contributed by atoms with Crippen molar-refractivity contribution in [3.05, 3.63) is 28.8 Å². The van der Waals surface area contributed by atoms with Gasteiger partial charge in [0, 0.05) is 23.3 Å². The van der Waals surface area contributed by atoms with Crippen LogP contribution in [0.5, 0.6) is 5.75 Å². The molecule has 0 radical (unpaired) electrons. The average molecular weight is 258 g/mol. The summed E-state index contributed by atoms with van der Waals surface area (Å²) in [6.45, 7) is 6.54. The molecule has 0 unspecified atom stereocenters. The fourth-order valence-corrected chi connectivity index (χ4v) is 4.31. The molecule has 0 bridgehead atoms. The van der Waals surface area contributed by atoms with Crippen molar-refractivity contribution in [3.63, 3.8) is 0 Å². The lowest BCUT2D eigenvalue weighted by Gasteiger charge is -2.40. The Morgan fingerprint density at radius 2 is 2.11 bits per heavy atom. The number of ketones is 1. The van der Waals surface area contributed by atoms with Gasteiger partial charge in [-0.3, -0.25) is 4.79 Å². The van der Waals surface area contributed by atoms with E-state index in [2.05, 4.69) is 32.9 Å². The van der Waals surface area contributed by atoms with Gasteiger partial charge in [-0.25, -0.2) is 0 Å². The van der Waals surface area contributed by atoms with E-state index in [1.54, 1.807) is 7.11 Å². The maximum Gasteiger partial charge on any atom is 0.136 e. The van der Waals surface area contributed by atoms with Crippen LogP contribution in [0.1, 0.15) is 43.4 Å². The van der Waals surface area contributed by atoms with Crippen molar-refractivity contribution in [2.75, 3.05) is 7.11 Å². The molecule has 1 fully saturated rings. The van der Waals surface area contributed by atoms with Gasteiger partial charge in [0.1, 0.15) is 11.5 Å². The van der Waals surface area contributed by atoms with Gasteiger partial charge in [-0.05, 0) is 36.8 Å². The Bertz CT molecular complexity index is 546. The number of hydrogen-bond acceptors (Lipinski definition) is 2. The number of methoxy groups -OCH3 is 1. The minimum Gasteiger partial charge on any atom is -0.496 e. The molecule has 3 rings (SSSR count).